The Morgan fingerprint density at radius 3 is 2.65 bits per heavy atom. The number of hydrogen-bond acceptors (Lipinski definition) is 4. The number of aliphatic carboxylic acids is 1. The van der Waals surface area contributed by atoms with Gasteiger partial charge in [0.25, 0.3) is 5.91 Å². The molecule has 2 rings (SSSR count). The van der Waals surface area contributed by atoms with Gasteiger partial charge in [0.2, 0.25) is 0 Å². The Balaban J connectivity index is 1.93. The number of aromatic nitrogens is 3. The van der Waals surface area contributed by atoms with Crippen molar-refractivity contribution in [2.24, 2.45) is 0 Å². The van der Waals surface area contributed by atoms with Crippen LogP contribution in [0.3, 0.4) is 0 Å². The molecule has 7 nitrogen and oxygen atoms in total. The lowest BCUT2D eigenvalue weighted by atomic mass is 10.2. The number of halogens is 1. The standard InChI is InChI=1S/C12H11BrN4O3/c13-9-3-1-8(2-4-9)5-14-12(20)10-6-17(16-15-10)7-11(18)19/h1-4,6H,5,7H2,(H,14,20)(H,18,19). The SMILES string of the molecule is O=C(O)Cn1cc(C(=O)NCc2ccc(Br)cc2)nn1. The van der Waals surface area contributed by atoms with E-state index in [1.54, 1.807) is 0 Å². The first-order valence-electron chi connectivity index (χ1n) is 5.69. The van der Waals surface area contributed by atoms with Crippen LogP contribution in [-0.2, 0) is 17.9 Å². The molecule has 0 aliphatic heterocycles. The number of amides is 1. The van der Waals surface area contributed by atoms with Crippen LogP contribution in [-0.4, -0.2) is 32.0 Å². The topological polar surface area (TPSA) is 97.1 Å². The molecule has 2 aromatic rings. The predicted octanol–water partition coefficient (Wildman–Crippen LogP) is 1.06. The van der Waals surface area contributed by atoms with Gasteiger partial charge in [-0.1, -0.05) is 33.3 Å². The summed E-state index contributed by atoms with van der Waals surface area (Å²) in [5.74, 6) is -1.44. The van der Waals surface area contributed by atoms with Crippen LogP contribution in [0.2, 0.25) is 0 Å². The van der Waals surface area contributed by atoms with E-state index in [2.05, 4.69) is 31.6 Å². The van der Waals surface area contributed by atoms with Gasteiger partial charge < -0.3 is 10.4 Å². The molecule has 0 bridgehead atoms. The van der Waals surface area contributed by atoms with E-state index >= 15 is 0 Å². The van der Waals surface area contributed by atoms with Crippen molar-refractivity contribution < 1.29 is 14.7 Å². The smallest absolute Gasteiger partial charge is 0.325 e. The van der Waals surface area contributed by atoms with E-state index in [1.807, 2.05) is 24.3 Å². The number of benzene rings is 1. The minimum absolute atomic E-state index is 0.0864. The highest BCUT2D eigenvalue weighted by Gasteiger charge is 2.11. The van der Waals surface area contributed by atoms with Crippen LogP contribution >= 0.6 is 15.9 Å². The lowest BCUT2D eigenvalue weighted by Gasteiger charge is -2.03. The molecular formula is C12H11BrN4O3. The molecule has 0 spiro atoms. The molecule has 0 atom stereocenters. The van der Waals surface area contributed by atoms with Crippen molar-refractivity contribution in [3.8, 4) is 0 Å². The highest BCUT2D eigenvalue weighted by Crippen LogP contribution is 2.10. The first-order chi connectivity index (χ1) is 9.54. The summed E-state index contributed by atoms with van der Waals surface area (Å²) in [7, 11) is 0. The molecule has 8 heteroatoms. The monoisotopic (exact) mass is 338 g/mol. The van der Waals surface area contributed by atoms with Crippen molar-refractivity contribution >= 4 is 27.8 Å². The minimum atomic E-state index is -1.04. The van der Waals surface area contributed by atoms with Crippen molar-refractivity contribution in [1.82, 2.24) is 20.3 Å². The van der Waals surface area contributed by atoms with Crippen molar-refractivity contribution in [3.05, 3.63) is 46.2 Å². The highest BCUT2D eigenvalue weighted by atomic mass is 79.9. The number of hydrogen-bond donors (Lipinski definition) is 2. The largest absolute Gasteiger partial charge is 0.480 e. The number of carbonyl (C=O) groups is 2. The molecule has 0 aliphatic carbocycles. The van der Waals surface area contributed by atoms with E-state index in [0.717, 1.165) is 14.7 Å². The van der Waals surface area contributed by atoms with Gasteiger partial charge in [0, 0.05) is 11.0 Å². The molecule has 1 aromatic carbocycles. The molecule has 2 N–H and O–H groups in total. The summed E-state index contributed by atoms with van der Waals surface area (Å²) >= 11 is 3.33. The third-order valence-electron chi connectivity index (χ3n) is 2.43. The second-order valence-corrected chi connectivity index (χ2v) is 4.92. The van der Waals surface area contributed by atoms with Gasteiger partial charge in [0.15, 0.2) is 5.69 Å². The summed E-state index contributed by atoms with van der Waals surface area (Å²) < 4.78 is 2.06. The molecule has 0 unspecified atom stereocenters. The Bertz CT molecular complexity index is 624. The second-order valence-electron chi connectivity index (χ2n) is 4.00. The molecule has 104 valence electrons. The Hall–Kier alpha value is -2.22. The minimum Gasteiger partial charge on any atom is -0.480 e. The summed E-state index contributed by atoms with van der Waals surface area (Å²) in [6.07, 6.45) is 1.30. The normalized spacial score (nSPS) is 10.2. The number of carboxylic acids is 1. The quantitative estimate of drug-likeness (QED) is 0.849. The van der Waals surface area contributed by atoms with Crippen molar-refractivity contribution in [2.45, 2.75) is 13.1 Å². The Morgan fingerprint density at radius 2 is 2.00 bits per heavy atom. The van der Waals surface area contributed by atoms with Gasteiger partial charge in [-0.25, -0.2) is 4.68 Å². The zero-order chi connectivity index (χ0) is 14.5. The molecule has 1 amide bonds. The number of carboxylic acid groups (broad SMARTS) is 1. The van der Waals surface area contributed by atoms with E-state index < -0.39 is 11.9 Å². The fourth-order valence-corrected chi connectivity index (χ4v) is 1.76. The molecule has 1 heterocycles. The number of nitrogens with zero attached hydrogens (tertiary/aromatic N) is 3. The average molecular weight is 339 g/mol. The average Bonchev–Trinajstić information content (AvgIpc) is 2.85. The Labute approximate surface area is 122 Å². The van der Waals surface area contributed by atoms with E-state index in [0.29, 0.717) is 6.54 Å². The molecule has 0 radical (unpaired) electrons. The summed E-state index contributed by atoms with van der Waals surface area (Å²) in [6, 6.07) is 7.52. The first kappa shape index (κ1) is 14.2. The molecule has 20 heavy (non-hydrogen) atoms. The molecule has 0 aliphatic rings. The fraction of sp³-hybridized carbons (Fsp3) is 0.167. The summed E-state index contributed by atoms with van der Waals surface area (Å²) in [6.45, 7) is 0.0326. The number of rotatable bonds is 5. The second kappa shape index (κ2) is 6.29. The van der Waals surface area contributed by atoms with Crippen LogP contribution in [0, 0.1) is 0 Å². The van der Waals surface area contributed by atoms with Gasteiger partial charge >= 0.3 is 5.97 Å². The van der Waals surface area contributed by atoms with Crippen LogP contribution in [0.25, 0.3) is 0 Å². The third kappa shape index (κ3) is 3.89. The Morgan fingerprint density at radius 1 is 1.30 bits per heavy atom. The zero-order valence-corrected chi connectivity index (χ0v) is 11.9. The van der Waals surface area contributed by atoms with Gasteiger partial charge in [-0.2, -0.15) is 0 Å². The first-order valence-corrected chi connectivity index (χ1v) is 6.48. The molecule has 0 saturated heterocycles. The van der Waals surface area contributed by atoms with Crippen LogP contribution in [0.5, 0.6) is 0 Å². The van der Waals surface area contributed by atoms with Gasteiger partial charge in [0.05, 0.1) is 6.20 Å². The molecule has 0 fully saturated rings. The van der Waals surface area contributed by atoms with Gasteiger partial charge in [0.1, 0.15) is 6.54 Å². The zero-order valence-electron chi connectivity index (χ0n) is 10.3. The third-order valence-corrected chi connectivity index (χ3v) is 2.96. The predicted molar refractivity (Wildman–Crippen MR) is 73.0 cm³/mol. The van der Waals surface area contributed by atoms with E-state index in [1.165, 1.54) is 6.20 Å². The van der Waals surface area contributed by atoms with Crippen LogP contribution in [0.15, 0.2) is 34.9 Å². The van der Waals surface area contributed by atoms with Crippen LogP contribution in [0.1, 0.15) is 16.1 Å². The molecular weight excluding hydrogens is 328 g/mol. The number of nitrogens with one attached hydrogen (secondary N) is 1. The fourth-order valence-electron chi connectivity index (χ4n) is 1.49. The lowest BCUT2D eigenvalue weighted by Crippen LogP contribution is -2.23. The lowest BCUT2D eigenvalue weighted by molar-refractivity contribution is -0.137. The maximum absolute atomic E-state index is 11.8. The van der Waals surface area contributed by atoms with Crippen molar-refractivity contribution in [3.63, 3.8) is 0 Å². The molecule has 0 saturated carbocycles. The van der Waals surface area contributed by atoms with Gasteiger partial charge in [-0.05, 0) is 17.7 Å². The number of carbonyl (C=O) groups excluding carboxylic acids is 1. The van der Waals surface area contributed by atoms with Gasteiger partial charge in [-0.15, -0.1) is 5.10 Å². The van der Waals surface area contributed by atoms with Crippen molar-refractivity contribution in [2.75, 3.05) is 0 Å². The Kier molecular flexibility index (Phi) is 4.46. The highest BCUT2D eigenvalue weighted by molar-refractivity contribution is 9.10. The van der Waals surface area contributed by atoms with E-state index in [4.69, 9.17) is 5.11 Å². The summed E-state index contributed by atoms with van der Waals surface area (Å²) in [5.41, 5.74) is 1.03. The van der Waals surface area contributed by atoms with Gasteiger partial charge in [-0.3, -0.25) is 9.59 Å². The van der Waals surface area contributed by atoms with E-state index in [9.17, 15) is 9.59 Å². The summed E-state index contributed by atoms with van der Waals surface area (Å²) in [4.78, 5) is 22.3. The molecule has 1 aromatic heterocycles. The summed E-state index contributed by atoms with van der Waals surface area (Å²) in [5, 5.41) is 18.5. The van der Waals surface area contributed by atoms with Crippen LogP contribution in [0.4, 0.5) is 0 Å². The maximum Gasteiger partial charge on any atom is 0.325 e. The maximum atomic E-state index is 11.8. The van der Waals surface area contributed by atoms with Crippen molar-refractivity contribution in [1.29, 1.82) is 0 Å². The van der Waals surface area contributed by atoms with Crippen LogP contribution < -0.4 is 5.32 Å². The van der Waals surface area contributed by atoms with E-state index in [-0.39, 0.29) is 12.2 Å².